The third-order valence-electron chi connectivity index (χ3n) is 4.89. The average Bonchev–Trinajstić information content (AvgIpc) is 3.12. The molecule has 28 heavy (non-hydrogen) atoms. The van der Waals surface area contributed by atoms with Gasteiger partial charge in [-0.1, -0.05) is 54.6 Å². The molecule has 1 saturated heterocycles. The van der Waals surface area contributed by atoms with Crippen molar-refractivity contribution in [3.05, 3.63) is 60.2 Å². The number of ether oxygens (including phenoxy) is 2. The molecule has 0 radical (unpaired) electrons. The molecule has 5 heteroatoms. The maximum absolute atomic E-state index is 12.6. The molecule has 1 fully saturated rings. The fourth-order valence-electron chi connectivity index (χ4n) is 3.54. The van der Waals surface area contributed by atoms with E-state index < -0.39 is 23.7 Å². The molecule has 148 valence electrons. The topological polar surface area (TPSA) is 55.8 Å². The van der Waals surface area contributed by atoms with Crippen LogP contribution in [-0.2, 0) is 14.3 Å². The van der Waals surface area contributed by atoms with Crippen molar-refractivity contribution in [2.75, 3.05) is 13.7 Å². The van der Waals surface area contributed by atoms with E-state index in [9.17, 15) is 9.59 Å². The van der Waals surface area contributed by atoms with Gasteiger partial charge in [0.15, 0.2) is 0 Å². The Labute approximate surface area is 166 Å². The van der Waals surface area contributed by atoms with E-state index in [4.69, 9.17) is 9.47 Å². The first kappa shape index (κ1) is 19.9. The number of esters is 1. The number of hydrogen-bond donors (Lipinski definition) is 0. The van der Waals surface area contributed by atoms with Crippen LogP contribution in [0.2, 0.25) is 0 Å². The quantitative estimate of drug-likeness (QED) is 0.728. The monoisotopic (exact) mass is 381 g/mol. The van der Waals surface area contributed by atoms with Crippen molar-refractivity contribution in [3.8, 4) is 11.1 Å². The minimum absolute atomic E-state index is 0.0569. The van der Waals surface area contributed by atoms with Crippen molar-refractivity contribution in [1.29, 1.82) is 0 Å². The number of amides is 1. The molecule has 0 N–H and O–H groups in total. The zero-order valence-electron chi connectivity index (χ0n) is 16.8. The van der Waals surface area contributed by atoms with Crippen LogP contribution in [0.3, 0.4) is 0 Å². The number of carbonyl (C=O) groups excluding carboxylic acids is 2. The normalized spacial score (nSPS) is 19.4. The van der Waals surface area contributed by atoms with Crippen molar-refractivity contribution in [2.24, 2.45) is 0 Å². The molecular formula is C23H27NO4. The second-order valence-corrected chi connectivity index (χ2v) is 8.09. The molecule has 1 heterocycles. The molecule has 2 aromatic rings. The first-order valence-corrected chi connectivity index (χ1v) is 9.51. The van der Waals surface area contributed by atoms with Gasteiger partial charge >= 0.3 is 12.1 Å². The van der Waals surface area contributed by atoms with E-state index in [0.717, 1.165) is 16.7 Å². The van der Waals surface area contributed by atoms with Crippen molar-refractivity contribution in [3.63, 3.8) is 0 Å². The van der Waals surface area contributed by atoms with Crippen molar-refractivity contribution >= 4 is 12.1 Å². The Morgan fingerprint density at radius 2 is 1.57 bits per heavy atom. The average molecular weight is 381 g/mol. The second-order valence-electron chi connectivity index (χ2n) is 8.09. The van der Waals surface area contributed by atoms with Gasteiger partial charge in [0, 0.05) is 12.5 Å². The fraction of sp³-hybridized carbons (Fsp3) is 0.391. The van der Waals surface area contributed by atoms with E-state index in [1.54, 1.807) is 0 Å². The summed E-state index contributed by atoms with van der Waals surface area (Å²) >= 11 is 0. The van der Waals surface area contributed by atoms with Gasteiger partial charge in [-0.15, -0.1) is 0 Å². The highest BCUT2D eigenvalue weighted by Crippen LogP contribution is 2.34. The van der Waals surface area contributed by atoms with Gasteiger partial charge in [0.25, 0.3) is 0 Å². The number of carbonyl (C=O) groups is 2. The zero-order valence-corrected chi connectivity index (χ0v) is 16.8. The summed E-state index contributed by atoms with van der Waals surface area (Å²) in [5.41, 5.74) is 2.77. The van der Waals surface area contributed by atoms with Gasteiger partial charge in [-0.3, -0.25) is 4.90 Å². The Kier molecular flexibility index (Phi) is 5.73. The lowest BCUT2D eigenvalue weighted by Gasteiger charge is -2.27. The van der Waals surface area contributed by atoms with E-state index in [-0.39, 0.29) is 5.92 Å². The number of nitrogens with zero attached hydrogens (tertiary/aromatic N) is 1. The van der Waals surface area contributed by atoms with Crippen molar-refractivity contribution in [2.45, 2.75) is 44.8 Å². The predicted molar refractivity (Wildman–Crippen MR) is 108 cm³/mol. The zero-order chi connectivity index (χ0) is 20.3. The van der Waals surface area contributed by atoms with E-state index in [1.165, 1.54) is 12.0 Å². The van der Waals surface area contributed by atoms with Gasteiger partial charge < -0.3 is 9.47 Å². The number of methoxy groups -OCH3 is 1. The smallest absolute Gasteiger partial charge is 0.411 e. The summed E-state index contributed by atoms with van der Waals surface area (Å²) < 4.78 is 10.4. The molecule has 0 saturated carbocycles. The maximum Gasteiger partial charge on any atom is 0.411 e. The van der Waals surface area contributed by atoms with Gasteiger partial charge in [0.2, 0.25) is 0 Å². The van der Waals surface area contributed by atoms with Crippen molar-refractivity contribution in [1.82, 2.24) is 4.90 Å². The standard InChI is InChI=1S/C23H27NO4/c1-23(2,3)28-22(26)24-15-19(14-20(24)21(25)27-4)18-12-10-17(11-13-18)16-8-6-5-7-9-16/h5-13,19-20H,14-15H2,1-4H3/t19-,20-/m1/s1. The first-order valence-electron chi connectivity index (χ1n) is 9.51. The fourth-order valence-corrected chi connectivity index (χ4v) is 3.54. The van der Waals surface area contributed by atoms with E-state index in [2.05, 4.69) is 36.4 Å². The largest absolute Gasteiger partial charge is 0.467 e. The predicted octanol–water partition coefficient (Wildman–Crippen LogP) is 4.62. The lowest BCUT2D eigenvalue weighted by Crippen LogP contribution is -2.43. The van der Waals surface area contributed by atoms with Crippen LogP contribution in [0.15, 0.2) is 54.6 Å². The minimum Gasteiger partial charge on any atom is -0.467 e. The molecule has 3 rings (SSSR count). The number of rotatable bonds is 3. The molecule has 0 aliphatic carbocycles. The van der Waals surface area contributed by atoms with E-state index in [1.807, 2.05) is 39.0 Å². The molecule has 2 aromatic carbocycles. The minimum atomic E-state index is -0.626. The highest BCUT2D eigenvalue weighted by Gasteiger charge is 2.42. The summed E-state index contributed by atoms with van der Waals surface area (Å²) in [4.78, 5) is 26.3. The number of hydrogen-bond acceptors (Lipinski definition) is 4. The van der Waals surface area contributed by atoms with Gasteiger partial charge in [0.05, 0.1) is 7.11 Å². The van der Waals surface area contributed by atoms with Crippen LogP contribution < -0.4 is 0 Å². The highest BCUT2D eigenvalue weighted by atomic mass is 16.6. The van der Waals surface area contributed by atoms with Crippen LogP contribution in [-0.4, -0.2) is 42.3 Å². The van der Waals surface area contributed by atoms with Crippen LogP contribution >= 0.6 is 0 Å². The third kappa shape index (κ3) is 4.53. The lowest BCUT2D eigenvalue weighted by molar-refractivity contribution is -0.145. The van der Waals surface area contributed by atoms with Gasteiger partial charge in [-0.25, -0.2) is 9.59 Å². The Hall–Kier alpha value is -2.82. The molecule has 5 nitrogen and oxygen atoms in total. The van der Waals surface area contributed by atoms with Crippen LogP contribution in [0.4, 0.5) is 4.79 Å². The summed E-state index contributed by atoms with van der Waals surface area (Å²) in [7, 11) is 1.34. The summed E-state index contributed by atoms with van der Waals surface area (Å²) in [6.07, 6.45) is 0.0441. The van der Waals surface area contributed by atoms with Crippen LogP contribution in [0.5, 0.6) is 0 Å². The third-order valence-corrected chi connectivity index (χ3v) is 4.89. The molecular weight excluding hydrogens is 354 g/mol. The molecule has 0 bridgehead atoms. The number of benzene rings is 2. The lowest BCUT2D eigenvalue weighted by atomic mass is 9.94. The molecule has 1 aliphatic heterocycles. The first-order chi connectivity index (χ1) is 13.3. The van der Waals surface area contributed by atoms with Gasteiger partial charge in [-0.2, -0.15) is 0 Å². The summed E-state index contributed by atoms with van der Waals surface area (Å²) in [6, 6.07) is 17.8. The molecule has 2 atom stereocenters. The van der Waals surface area contributed by atoms with Gasteiger partial charge in [0.1, 0.15) is 11.6 Å². The Morgan fingerprint density at radius 1 is 0.964 bits per heavy atom. The van der Waals surface area contributed by atoms with Crippen molar-refractivity contribution < 1.29 is 19.1 Å². The maximum atomic E-state index is 12.6. The number of likely N-dealkylation sites (tertiary alicyclic amines) is 1. The second kappa shape index (κ2) is 8.05. The SMILES string of the molecule is COC(=O)[C@H]1C[C@@H](c2ccc(-c3ccccc3)cc2)CN1C(=O)OC(C)(C)C. The molecule has 0 aromatic heterocycles. The van der Waals surface area contributed by atoms with Crippen LogP contribution in [0, 0.1) is 0 Å². The van der Waals surface area contributed by atoms with Gasteiger partial charge in [-0.05, 0) is 43.9 Å². The Bertz CT molecular complexity index is 824. The summed E-state index contributed by atoms with van der Waals surface area (Å²) in [5, 5.41) is 0. The molecule has 1 amide bonds. The van der Waals surface area contributed by atoms with E-state index >= 15 is 0 Å². The summed E-state index contributed by atoms with van der Waals surface area (Å²) in [5.74, 6) is -0.351. The highest BCUT2D eigenvalue weighted by molar-refractivity contribution is 5.82. The molecule has 0 unspecified atom stereocenters. The van der Waals surface area contributed by atoms with Crippen LogP contribution in [0.25, 0.3) is 11.1 Å². The van der Waals surface area contributed by atoms with E-state index in [0.29, 0.717) is 13.0 Å². The summed E-state index contributed by atoms with van der Waals surface area (Å²) in [6.45, 7) is 5.87. The molecule has 1 aliphatic rings. The Balaban J connectivity index is 1.79. The van der Waals surface area contributed by atoms with Crippen LogP contribution in [0.1, 0.15) is 38.7 Å². The Morgan fingerprint density at radius 3 is 2.14 bits per heavy atom. The molecule has 0 spiro atoms.